The summed E-state index contributed by atoms with van der Waals surface area (Å²) in [5, 5.41) is 0. The second kappa shape index (κ2) is 5.21. The minimum atomic E-state index is 0.856. The average molecular weight is 264 g/mol. The van der Waals surface area contributed by atoms with E-state index in [4.69, 9.17) is 4.74 Å². The molecular formula is C17H16N2O. The lowest BCUT2D eigenvalue weighted by Gasteiger charge is -2.07. The van der Waals surface area contributed by atoms with Gasteiger partial charge >= 0.3 is 0 Å². The van der Waals surface area contributed by atoms with Crippen LogP contribution in [0.15, 0.2) is 60.9 Å². The molecule has 0 unspecified atom stereocenters. The zero-order valence-electron chi connectivity index (χ0n) is 11.6. The molecule has 1 aromatic heterocycles. The molecule has 0 spiro atoms. The Morgan fingerprint density at radius 3 is 2.30 bits per heavy atom. The number of rotatable bonds is 3. The smallest absolute Gasteiger partial charge is 0.119 e. The van der Waals surface area contributed by atoms with Crippen LogP contribution in [-0.4, -0.2) is 16.7 Å². The van der Waals surface area contributed by atoms with Crippen molar-refractivity contribution in [1.29, 1.82) is 0 Å². The molecule has 0 fully saturated rings. The highest BCUT2D eigenvalue weighted by Crippen LogP contribution is 2.24. The number of nitrogens with zero attached hydrogens (tertiary/aromatic N) is 2. The monoisotopic (exact) mass is 264 g/mol. The largest absolute Gasteiger partial charge is 0.497 e. The number of hydrogen-bond acceptors (Lipinski definition) is 2. The van der Waals surface area contributed by atoms with E-state index in [0.717, 1.165) is 28.4 Å². The van der Waals surface area contributed by atoms with Crippen molar-refractivity contribution in [3.8, 4) is 22.7 Å². The second-order valence-corrected chi connectivity index (χ2v) is 4.61. The molecule has 0 saturated heterocycles. The van der Waals surface area contributed by atoms with Crippen molar-refractivity contribution in [3.63, 3.8) is 0 Å². The molecule has 0 atom stereocenters. The van der Waals surface area contributed by atoms with Crippen molar-refractivity contribution in [2.75, 3.05) is 7.11 Å². The zero-order chi connectivity index (χ0) is 13.9. The first-order chi connectivity index (χ1) is 9.79. The maximum atomic E-state index is 5.18. The van der Waals surface area contributed by atoms with Crippen molar-refractivity contribution in [1.82, 2.24) is 9.55 Å². The van der Waals surface area contributed by atoms with Crippen LogP contribution < -0.4 is 4.74 Å². The fraction of sp³-hybridized carbons (Fsp3) is 0.118. The number of imidazole rings is 1. The molecule has 0 N–H and O–H groups in total. The zero-order valence-corrected chi connectivity index (χ0v) is 11.6. The number of aromatic nitrogens is 2. The first-order valence-corrected chi connectivity index (χ1v) is 6.53. The molecule has 3 nitrogen and oxygen atoms in total. The molecule has 20 heavy (non-hydrogen) atoms. The van der Waals surface area contributed by atoms with E-state index in [9.17, 15) is 0 Å². The maximum absolute atomic E-state index is 5.18. The van der Waals surface area contributed by atoms with E-state index in [1.165, 1.54) is 0 Å². The van der Waals surface area contributed by atoms with E-state index >= 15 is 0 Å². The van der Waals surface area contributed by atoms with Gasteiger partial charge in [-0.3, -0.25) is 0 Å². The molecule has 100 valence electrons. The van der Waals surface area contributed by atoms with Crippen LogP contribution in [0.1, 0.15) is 5.69 Å². The summed E-state index contributed by atoms with van der Waals surface area (Å²) >= 11 is 0. The summed E-state index contributed by atoms with van der Waals surface area (Å²) in [6, 6.07) is 18.2. The van der Waals surface area contributed by atoms with Crippen LogP contribution in [0.4, 0.5) is 0 Å². The summed E-state index contributed by atoms with van der Waals surface area (Å²) < 4.78 is 7.27. The summed E-state index contributed by atoms with van der Waals surface area (Å²) in [5.41, 5.74) is 4.36. The fourth-order valence-corrected chi connectivity index (χ4v) is 2.29. The summed E-state index contributed by atoms with van der Waals surface area (Å²) in [4.78, 5) is 4.54. The van der Waals surface area contributed by atoms with Gasteiger partial charge in [-0.05, 0) is 31.2 Å². The number of benzene rings is 2. The van der Waals surface area contributed by atoms with Crippen LogP contribution in [0.25, 0.3) is 16.9 Å². The molecule has 0 bridgehead atoms. The Morgan fingerprint density at radius 2 is 1.65 bits per heavy atom. The van der Waals surface area contributed by atoms with Crippen LogP contribution in [0, 0.1) is 6.92 Å². The normalized spacial score (nSPS) is 10.5. The Morgan fingerprint density at radius 1 is 0.950 bits per heavy atom. The topological polar surface area (TPSA) is 27.1 Å². The highest BCUT2D eigenvalue weighted by atomic mass is 16.5. The van der Waals surface area contributed by atoms with Gasteiger partial charge in [-0.15, -0.1) is 0 Å². The van der Waals surface area contributed by atoms with E-state index in [0.29, 0.717) is 0 Å². The molecule has 0 aliphatic rings. The average Bonchev–Trinajstić information content (AvgIpc) is 2.90. The van der Waals surface area contributed by atoms with Gasteiger partial charge in [-0.25, -0.2) is 4.98 Å². The fourth-order valence-electron chi connectivity index (χ4n) is 2.29. The molecule has 2 aromatic carbocycles. The van der Waals surface area contributed by atoms with Crippen molar-refractivity contribution in [3.05, 3.63) is 66.6 Å². The SMILES string of the molecule is COc1ccc(-n2cnc(-c3ccccc3)c2C)cc1. The third-order valence-corrected chi connectivity index (χ3v) is 3.40. The predicted molar refractivity (Wildman–Crippen MR) is 80.3 cm³/mol. The summed E-state index contributed by atoms with van der Waals surface area (Å²) in [6.45, 7) is 2.08. The van der Waals surface area contributed by atoms with E-state index in [1.807, 2.05) is 48.8 Å². The van der Waals surface area contributed by atoms with E-state index < -0.39 is 0 Å². The lowest BCUT2D eigenvalue weighted by molar-refractivity contribution is 0.414. The van der Waals surface area contributed by atoms with Gasteiger partial charge in [0.15, 0.2) is 0 Å². The van der Waals surface area contributed by atoms with Crippen molar-refractivity contribution >= 4 is 0 Å². The molecule has 0 aliphatic carbocycles. The highest BCUT2D eigenvalue weighted by molar-refractivity contribution is 5.62. The van der Waals surface area contributed by atoms with Gasteiger partial charge in [0.05, 0.1) is 12.8 Å². The van der Waals surface area contributed by atoms with Crippen LogP contribution in [0.2, 0.25) is 0 Å². The summed E-state index contributed by atoms with van der Waals surface area (Å²) in [7, 11) is 1.67. The predicted octanol–water partition coefficient (Wildman–Crippen LogP) is 3.86. The molecule has 0 amide bonds. The molecule has 3 aromatic rings. The minimum absolute atomic E-state index is 0.856. The number of methoxy groups -OCH3 is 1. The molecule has 3 rings (SSSR count). The second-order valence-electron chi connectivity index (χ2n) is 4.61. The van der Waals surface area contributed by atoms with Gasteiger partial charge in [-0.2, -0.15) is 0 Å². The highest BCUT2D eigenvalue weighted by Gasteiger charge is 2.09. The van der Waals surface area contributed by atoms with Crippen molar-refractivity contribution in [2.45, 2.75) is 6.92 Å². The summed E-state index contributed by atoms with van der Waals surface area (Å²) in [5.74, 6) is 0.856. The molecular weight excluding hydrogens is 248 g/mol. The molecule has 0 aliphatic heterocycles. The third kappa shape index (κ3) is 2.18. The van der Waals surface area contributed by atoms with Gasteiger partial charge in [-0.1, -0.05) is 30.3 Å². The van der Waals surface area contributed by atoms with E-state index in [1.54, 1.807) is 7.11 Å². The van der Waals surface area contributed by atoms with Gasteiger partial charge in [0.2, 0.25) is 0 Å². The van der Waals surface area contributed by atoms with Crippen LogP contribution >= 0.6 is 0 Å². The van der Waals surface area contributed by atoms with Gasteiger partial charge in [0.25, 0.3) is 0 Å². The number of ether oxygens (including phenoxy) is 1. The first kappa shape index (κ1) is 12.5. The van der Waals surface area contributed by atoms with Crippen molar-refractivity contribution < 1.29 is 4.74 Å². The Balaban J connectivity index is 2.01. The Labute approximate surface area is 118 Å². The Kier molecular flexibility index (Phi) is 3.25. The summed E-state index contributed by atoms with van der Waals surface area (Å²) in [6.07, 6.45) is 1.86. The van der Waals surface area contributed by atoms with Gasteiger partial charge in [0.1, 0.15) is 12.1 Å². The standard InChI is InChI=1S/C17H16N2O/c1-13-17(14-6-4-3-5-7-14)18-12-19(13)15-8-10-16(20-2)11-9-15/h3-12H,1-2H3. The lowest BCUT2D eigenvalue weighted by Crippen LogP contribution is -1.95. The molecule has 3 heteroatoms. The molecule has 0 radical (unpaired) electrons. The molecule has 0 saturated carbocycles. The van der Waals surface area contributed by atoms with E-state index in [-0.39, 0.29) is 0 Å². The van der Waals surface area contributed by atoms with E-state index in [2.05, 4.69) is 28.6 Å². The Hall–Kier alpha value is -2.55. The minimum Gasteiger partial charge on any atom is -0.497 e. The van der Waals surface area contributed by atoms with Gasteiger partial charge < -0.3 is 9.30 Å². The van der Waals surface area contributed by atoms with Crippen LogP contribution in [0.3, 0.4) is 0 Å². The van der Waals surface area contributed by atoms with Crippen LogP contribution in [0.5, 0.6) is 5.75 Å². The van der Waals surface area contributed by atoms with Crippen LogP contribution in [-0.2, 0) is 0 Å². The van der Waals surface area contributed by atoms with Crippen molar-refractivity contribution in [2.24, 2.45) is 0 Å². The molecule has 1 heterocycles. The van der Waals surface area contributed by atoms with Gasteiger partial charge in [0, 0.05) is 16.9 Å². The quantitative estimate of drug-likeness (QED) is 0.718. The maximum Gasteiger partial charge on any atom is 0.119 e. The lowest BCUT2D eigenvalue weighted by atomic mass is 10.1. The Bertz CT molecular complexity index is 700. The first-order valence-electron chi connectivity index (χ1n) is 6.53. The third-order valence-electron chi connectivity index (χ3n) is 3.40. The number of hydrogen-bond donors (Lipinski definition) is 0.